The molecule has 0 aromatic heterocycles. The van der Waals surface area contributed by atoms with Gasteiger partial charge in [-0.2, -0.15) is 0 Å². The topological polar surface area (TPSA) is 124 Å². The Kier molecular flexibility index (Phi) is 6.06. The number of benzene rings is 3. The van der Waals surface area contributed by atoms with Gasteiger partial charge in [-0.25, -0.2) is 4.79 Å². The molecule has 0 N–H and O–H groups in total. The van der Waals surface area contributed by atoms with E-state index in [4.69, 9.17) is 4.74 Å². The number of nitro benzene ring substituents is 1. The van der Waals surface area contributed by atoms with Crippen molar-refractivity contribution in [2.45, 2.75) is 18.8 Å². The summed E-state index contributed by atoms with van der Waals surface area (Å²) in [6.45, 7) is -0.611. The molecule has 2 amide bonds. The predicted octanol–water partition coefficient (Wildman–Crippen LogP) is 4.56. The highest BCUT2D eigenvalue weighted by Crippen LogP contribution is 2.61. The molecule has 1 aliphatic heterocycles. The number of anilines is 1. The predicted molar refractivity (Wildman–Crippen MR) is 139 cm³/mol. The molecule has 1 saturated heterocycles. The molecule has 2 saturated carbocycles. The van der Waals surface area contributed by atoms with Crippen molar-refractivity contribution in [3.63, 3.8) is 0 Å². The largest absolute Gasteiger partial charge is 0.454 e. The summed E-state index contributed by atoms with van der Waals surface area (Å²) < 4.78 is 5.15. The Morgan fingerprint density at radius 2 is 1.59 bits per heavy atom. The molecule has 1 heterocycles. The number of ether oxygens (including phenoxy) is 1. The minimum Gasteiger partial charge on any atom is -0.454 e. The lowest BCUT2D eigenvalue weighted by Crippen LogP contribution is -2.33. The Labute approximate surface area is 223 Å². The van der Waals surface area contributed by atoms with Crippen molar-refractivity contribution >= 4 is 34.9 Å². The van der Waals surface area contributed by atoms with Gasteiger partial charge in [0.25, 0.3) is 5.69 Å². The summed E-state index contributed by atoms with van der Waals surface area (Å²) in [4.78, 5) is 63.7. The van der Waals surface area contributed by atoms with E-state index in [0.29, 0.717) is 5.69 Å². The zero-order valence-electron chi connectivity index (χ0n) is 20.8. The normalized spacial score (nSPS) is 25.0. The van der Waals surface area contributed by atoms with Crippen LogP contribution in [0.1, 0.15) is 45.0 Å². The molecule has 2 aliphatic carbocycles. The maximum absolute atomic E-state index is 13.6. The molecule has 0 spiro atoms. The molecule has 3 aromatic carbocycles. The second-order valence-corrected chi connectivity index (χ2v) is 10.3. The van der Waals surface area contributed by atoms with Crippen LogP contribution in [0.15, 0.2) is 78.9 Å². The van der Waals surface area contributed by atoms with Gasteiger partial charge in [-0.3, -0.25) is 29.4 Å². The molecule has 3 fully saturated rings. The van der Waals surface area contributed by atoms with E-state index in [1.165, 1.54) is 40.8 Å². The summed E-state index contributed by atoms with van der Waals surface area (Å²) in [6, 6.07) is 21.4. The highest BCUT2D eigenvalue weighted by atomic mass is 16.6. The minimum absolute atomic E-state index is 0.0500. The van der Waals surface area contributed by atoms with Crippen molar-refractivity contribution in [3.8, 4) is 0 Å². The number of amides is 2. The first-order valence-electron chi connectivity index (χ1n) is 12.8. The molecule has 3 aromatic rings. The van der Waals surface area contributed by atoms with E-state index < -0.39 is 23.3 Å². The number of nitrogens with zero attached hydrogens (tertiary/aromatic N) is 2. The lowest BCUT2D eigenvalue weighted by atomic mass is 9.73. The summed E-state index contributed by atoms with van der Waals surface area (Å²) in [5.41, 5.74) is 1.39. The van der Waals surface area contributed by atoms with Crippen LogP contribution in [0.25, 0.3) is 0 Å². The van der Waals surface area contributed by atoms with Crippen LogP contribution in [0.2, 0.25) is 0 Å². The van der Waals surface area contributed by atoms with E-state index in [1.54, 1.807) is 12.1 Å². The van der Waals surface area contributed by atoms with Crippen LogP contribution in [-0.4, -0.2) is 35.1 Å². The van der Waals surface area contributed by atoms with Gasteiger partial charge >= 0.3 is 5.97 Å². The number of carbonyl (C=O) groups is 4. The van der Waals surface area contributed by atoms with Crippen molar-refractivity contribution in [1.29, 1.82) is 0 Å². The lowest BCUT2D eigenvalue weighted by Gasteiger charge is -2.28. The summed E-state index contributed by atoms with van der Waals surface area (Å²) >= 11 is 0. The number of rotatable bonds is 7. The van der Waals surface area contributed by atoms with E-state index in [1.807, 2.05) is 18.2 Å². The third-order valence-corrected chi connectivity index (χ3v) is 8.30. The Balaban J connectivity index is 1.16. The van der Waals surface area contributed by atoms with Crippen LogP contribution in [0.5, 0.6) is 0 Å². The average molecular weight is 525 g/mol. The molecular formula is C30H24N2O7. The van der Waals surface area contributed by atoms with Crippen LogP contribution in [0.4, 0.5) is 11.4 Å². The first-order valence-corrected chi connectivity index (χ1v) is 12.8. The fraction of sp³-hybridized carbons (Fsp3) is 0.267. The standard InChI is InChI=1S/C30H24N2O7/c33-25(18-8-4-11-22(12-18)32(37)38)16-39-30(36)19-9-5-10-21(13-19)31-28(34)26-20-14-23(17-6-2-1-3-7-17)24(15-20)27(26)29(31)35/h1-13,20,23-24,26-27H,14-16H2/t20-,23+,24+,26+,27+/m0/s1. The molecule has 9 nitrogen and oxygen atoms in total. The van der Waals surface area contributed by atoms with Crippen molar-refractivity contribution in [2.75, 3.05) is 11.5 Å². The quantitative estimate of drug-likeness (QED) is 0.146. The van der Waals surface area contributed by atoms with Gasteiger partial charge in [0.15, 0.2) is 6.61 Å². The minimum atomic E-state index is -0.806. The molecule has 0 radical (unpaired) electrons. The van der Waals surface area contributed by atoms with Crippen LogP contribution in [0.3, 0.4) is 0 Å². The second-order valence-electron chi connectivity index (χ2n) is 10.3. The average Bonchev–Trinajstić information content (AvgIpc) is 3.63. The third-order valence-electron chi connectivity index (χ3n) is 8.30. The summed E-state index contributed by atoms with van der Waals surface area (Å²) in [5, 5.41) is 11.0. The van der Waals surface area contributed by atoms with Gasteiger partial charge in [0.1, 0.15) is 0 Å². The smallest absolute Gasteiger partial charge is 0.338 e. The summed E-state index contributed by atoms with van der Waals surface area (Å²) in [6.07, 6.45) is 1.75. The van der Waals surface area contributed by atoms with Gasteiger partial charge in [0, 0.05) is 17.7 Å². The van der Waals surface area contributed by atoms with Crippen LogP contribution < -0.4 is 4.90 Å². The van der Waals surface area contributed by atoms with E-state index in [-0.39, 0.29) is 58.2 Å². The maximum atomic E-state index is 13.6. The summed E-state index contributed by atoms with van der Waals surface area (Å²) in [5.74, 6) is -2.06. The number of hydrogen-bond donors (Lipinski definition) is 0. The lowest BCUT2D eigenvalue weighted by molar-refractivity contribution is -0.384. The number of esters is 1. The molecule has 2 bridgehead atoms. The van der Waals surface area contributed by atoms with E-state index in [0.717, 1.165) is 18.9 Å². The Bertz CT molecular complexity index is 1520. The van der Waals surface area contributed by atoms with Gasteiger partial charge in [-0.15, -0.1) is 0 Å². The van der Waals surface area contributed by atoms with Crippen LogP contribution in [-0.2, 0) is 14.3 Å². The number of non-ortho nitro benzene ring substituents is 1. The van der Waals surface area contributed by atoms with Crippen LogP contribution >= 0.6 is 0 Å². The van der Waals surface area contributed by atoms with Gasteiger partial charge in [-0.05, 0) is 54.4 Å². The number of Topliss-reactive ketones (excluding diaryl/α,β-unsaturated/α-hetero) is 1. The molecular weight excluding hydrogens is 500 g/mol. The van der Waals surface area contributed by atoms with Gasteiger partial charge in [0.05, 0.1) is 28.0 Å². The first-order chi connectivity index (χ1) is 18.8. The van der Waals surface area contributed by atoms with Crippen molar-refractivity contribution in [3.05, 3.63) is 106 Å². The number of carbonyl (C=O) groups excluding carboxylic acids is 4. The van der Waals surface area contributed by atoms with Crippen LogP contribution in [0, 0.1) is 33.8 Å². The highest BCUT2D eigenvalue weighted by molar-refractivity contribution is 6.23. The van der Waals surface area contributed by atoms with E-state index >= 15 is 0 Å². The van der Waals surface area contributed by atoms with Gasteiger partial charge in [0.2, 0.25) is 17.6 Å². The summed E-state index contributed by atoms with van der Waals surface area (Å²) in [7, 11) is 0. The third kappa shape index (κ3) is 4.20. The Morgan fingerprint density at radius 1 is 0.872 bits per heavy atom. The van der Waals surface area contributed by atoms with Crippen molar-refractivity contribution in [1.82, 2.24) is 0 Å². The Hall–Kier alpha value is -4.66. The highest BCUT2D eigenvalue weighted by Gasteiger charge is 2.64. The Morgan fingerprint density at radius 3 is 2.36 bits per heavy atom. The van der Waals surface area contributed by atoms with Gasteiger partial charge < -0.3 is 4.74 Å². The first kappa shape index (κ1) is 24.7. The second kappa shape index (κ2) is 9.58. The number of ketones is 1. The van der Waals surface area contributed by atoms with Gasteiger partial charge in [-0.1, -0.05) is 48.5 Å². The number of nitro groups is 1. The molecule has 6 rings (SSSR count). The molecule has 3 aliphatic rings. The molecule has 0 unspecified atom stereocenters. The molecule has 9 heteroatoms. The van der Waals surface area contributed by atoms with E-state index in [9.17, 15) is 29.3 Å². The van der Waals surface area contributed by atoms with Crippen molar-refractivity contribution in [2.24, 2.45) is 23.7 Å². The fourth-order valence-corrected chi connectivity index (χ4v) is 6.66. The molecule has 39 heavy (non-hydrogen) atoms. The molecule has 196 valence electrons. The van der Waals surface area contributed by atoms with Crippen molar-refractivity contribution < 1.29 is 28.8 Å². The zero-order valence-corrected chi connectivity index (χ0v) is 20.8. The monoisotopic (exact) mass is 524 g/mol. The number of hydrogen-bond acceptors (Lipinski definition) is 7. The number of fused-ring (bicyclic) bond motifs is 5. The fourth-order valence-electron chi connectivity index (χ4n) is 6.66. The number of imide groups is 1. The van der Waals surface area contributed by atoms with E-state index in [2.05, 4.69) is 12.1 Å². The maximum Gasteiger partial charge on any atom is 0.338 e. The SMILES string of the molecule is O=C(COC(=O)c1cccc(N2C(=O)[C@@H]3[C@@H]4C[C@@H]([C@H]3C2=O)[C@@H](c2ccccc2)C4)c1)c1cccc([N+](=O)[O-])c1. The zero-order chi connectivity index (χ0) is 27.3. The molecule has 5 atom stereocenters.